The van der Waals surface area contributed by atoms with Gasteiger partial charge in [-0.05, 0) is 25.3 Å². The molecule has 0 saturated carbocycles. The van der Waals surface area contributed by atoms with E-state index < -0.39 is 12.1 Å². The number of carbonyl (C=O) groups excluding carboxylic acids is 3. The topological polar surface area (TPSA) is 81.8 Å². The molecule has 2 aliphatic rings. The van der Waals surface area contributed by atoms with Gasteiger partial charge in [0.05, 0.1) is 23.9 Å². The summed E-state index contributed by atoms with van der Waals surface area (Å²) in [6, 6.07) is 6.30. The minimum atomic E-state index is -0.638. The van der Waals surface area contributed by atoms with Gasteiger partial charge in [0.25, 0.3) is 5.91 Å². The summed E-state index contributed by atoms with van der Waals surface area (Å²) < 4.78 is 0. The molecule has 7 heteroatoms. The highest BCUT2D eigenvalue weighted by Gasteiger charge is 2.45. The minimum Gasteiger partial charge on any atom is -0.354 e. The summed E-state index contributed by atoms with van der Waals surface area (Å²) in [5.74, 6) is -0.104. The lowest BCUT2D eigenvalue weighted by Gasteiger charge is -2.33. The molecule has 3 rings (SSSR count). The molecule has 2 atom stereocenters. The Morgan fingerprint density at radius 3 is 2.53 bits per heavy atom. The Morgan fingerprint density at radius 2 is 1.93 bits per heavy atom. The van der Waals surface area contributed by atoms with Crippen LogP contribution >= 0.6 is 0 Å². The number of rotatable bonds is 7. The van der Waals surface area contributed by atoms with Gasteiger partial charge >= 0.3 is 6.03 Å². The van der Waals surface area contributed by atoms with Gasteiger partial charge in [0, 0.05) is 13.1 Å². The van der Waals surface area contributed by atoms with Crippen LogP contribution in [0.4, 0.5) is 4.79 Å². The van der Waals surface area contributed by atoms with Crippen LogP contribution in [0.1, 0.15) is 37.9 Å². The maximum Gasteiger partial charge on any atom is 0.322 e. The van der Waals surface area contributed by atoms with E-state index in [1.165, 1.54) is 9.80 Å². The molecule has 2 heterocycles. The van der Waals surface area contributed by atoms with E-state index in [-0.39, 0.29) is 24.4 Å². The van der Waals surface area contributed by atoms with E-state index in [2.05, 4.69) is 17.2 Å². The number of aryl methyl sites for hydroxylation is 1. The lowest BCUT2D eigenvalue weighted by atomic mass is 9.95. The molecule has 4 amide bonds. The largest absolute Gasteiger partial charge is 0.354 e. The molecule has 0 aromatic heterocycles. The molecule has 0 saturated heterocycles. The van der Waals surface area contributed by atoms with Crippen molar-refractivity contribution < 1.29 is 14.4 Å². The van der Waals surface area contributed by atoms with Gasteiger partial charge in [-0.2, -0.15) is 0 Å². The van der Waals surface area contributed by atoms with Crippen molar-refractivity contribution in [2.75, 3.05) is 19.6 Å². The van der Waals surface area contributed by atoms with Gasteiger partial charge < -0.3 is 15.5 Å². The number of benzene rings is 1. The summed E-state index contributed by atoms with van der Waals surface area (Å²) in [6.07, 6.45) is 1.63. The highest BCUT2D eigenvalue weighted by Crippen LogP contribution is 2.37. The molecule has 160 valence electrons. The van der Waals surface area contributed by atoms with Crippen LogP contribution in [-0.2, 0) is 9.59 Å². The van der Waals surface area contributed by atoms with Gasteiger partial charge in [0.2, 0.25) is 5.91 Å². The average molecular weight is 411 g/mol. The third-order valence-corrected chi connectivity index (χ3v) is 5.50. The van der Waals surface area contributed by atoms with Gasteiger partial charge in [-0.1, -0.05) is 49.8 Å². The first kappa shape index (κ1) is 21.6. The summed E-state index contributed by atoms with van der Waals surface area (Å²) in [7, 11) is 0. The summed E-state index contributed by atoms with van der Waals surface area (Å²) in [5, 5.41) is 5.84. The third kappa shape index (κ3) is 4.10. The quantitative estimate of drug-likeness (QED) is 0.678. The van der Waals surface area contributed by atoms with Crippen molar-refractivity contribution in [1.82, 2.24) is 20.4 Å². The summed E-state index contributed by atoms with van der Waals surface area (Å²) in [5.41, 5.74) is 3.09. The van der Waals surface area contributed by atoms with E-state index in [1.807, 2.05) is 45.0 Å². The van der Waals surface area contributed by atoms with E-state index in [4.69, 9.17) is 0 Å². The van der Waals surface area contributed by atoms with Crippen LogP contribution in [0.25, 0.3) is 0 Å². The summed E-state index contributed by atoms with van der Waals surface area (Å²) in [4.78, 5) is 41.9. The van der Waals surface area contributed by atoms with Crippen LogP contribution in [0, 0.1) is 12.8 Å². The lowest BCUT2D eigenvalue weighted by molar-refractivity contribution is -0.135. The van der Waals surface area contributed by atoms with Gasteiger partial charge in [-0.25, -0.2) is 4.79 Å². The van der Waals surface area contributed by atoms with Crippen molar-refractivity contribution in [2.24, 2.45) is 5.92 Å². The molecule has 0 aliphatic carbocycles. The second-order valence-corrected chi connectivity index (χ2v) is 8.30. The molecule has 0 unspecified atom stereocenters. The predicted octanol–water partition coefficient (Wildman–Crippen LogP) is 2.50. The van der Waals surface area contributed by atoms with Gasteiger partial charge in [0.1, 0.15) is 6.04 Å². The first-order valence-corrected chi connectivity index (χ1v) is 10.3. The Labute approximate surface area is 177 Å². The molecule has 0 radical (unpaired) electrons. The lowest BCUT2D eigenvalue weighted by Crippen LogP contribution is -2.47. The number of nitrogens with zero attached hydrogens (tertiary/aromatic N) is 2. The van der Waals surface area contributed by atoms with E-state index in [0.29, 0.717) is 30.3 Å². The normalized spacial score (nSPS) is 19.7. The van der Waals surface area contributed by atoms with Crippen LogP contribution in [0.15, 0.2) is 48.2 Å². The highest BCUT2D eigenvalue weighted by molar-refractivity contribution is 6.03. The SMILES string of the molecule is C=CCN1C(=O)N[C@H](c2ccc(C)cc2)C2=C1CN([C@@H](C)C(=O)NCC(C)C)C2=O. The summed E-state index contributed by atoms with van der Waals surface area (Å²) in [6.45, 7) is 12.5. The zero-order valence-electron chi connectivity index (χ0n) is 18.1. The van der Waals surface area contributed by atoms with Gasteiger partial charge in [0.15, 0.2) is 0 Å². The summed E-state index contributed by atoms with van der Waals surface area (Å²) >= 11 is 0. The first-order valence-electron chi connectivity index (χ1n) is 10.3. The zero-order chi connectivity index (χ0) is 22.0. The van der Waals surface area contributed by atoms with Crippen molar-refractivity contribution in [3.63, 3.8) is 0 Å². The Kier molecular flexibility index (Phi) is 6.29. The molecule has 2 aliphatic heterocycles. The first-order chi connectivity index (χ1) is 14.2. The number of nitrogens with one attached hydrogen (secondary N) is 2. The molecule has 2 N–H and O–H groups in total. The number of hydrogen-bond acceptors (Lipinski definition) is 3. The van der Waals surface area contributed by atoms with Crippen molar-refractivity contribution in [3.8, 4) is 0 Å². The van der Waals surface area contributed by atoms with E-state index in [0.717, 1.165) is 11.1 Å². The molecule has 1 aromatic rings. The molecule has 30 heavy (non-hydrogen) atoms. The Hall–Kier alpha value is -3.09. The molecule has 0 fully saturated rings. The molecular weight excluding hydrogens is 380 g/mol. The number of urea groups is 1. The fraction of sp³-hybridized carbons (Fsp3) is 0.435. The third-order valence-electron chi connectivity index (χ3n) is 5.50. The van der Waals surface area contributed by atoms with Gasteiger partial charge in [-0.15, -0.1) is 6.58 Å². The minimum absolute atomic E-state index is 0.196. The van der Waals surface area contributed by atoms with E-state index in [9.17, 15) is 14.4 Å². The second kappa shape index (κ2) is 8.73. The van der Waals surface area contributed by atoms with Crippen LogP contribution in [0.3, 0.4) is 0 Å². The second-order valence-electron chi connectivity index (χ2n) is 8.30. The van der Waals surface area contributed by atoms with Crippen LogP contribution in [0.2, 0.25) is 0 Å². The Bertz CT molecular complexity index is 888. The molecule has 7 nitrogen and oxygen atoms in total. The van der Waals surface area contributed by atoms with Crippen molar-refractivity contribution >= 4 is 17.8 Å². The fourth-order valence-corrected chi connectivity index (χ4v) is 3.75. The smallest absolute Gasteiger partial charge is 0.322 e. The maximum absolute atomic E-state index is 13.4. The standard InChI is InChI=1S/C23H30N4O3/c1-6-11-26-18-13-27(16(5)21(28)24-12-14(2)3)22(29)19(18)20(25-23(26)30)17-9-7-15(4)8-10-17/h6-10,14,16,20H,1,11-13H2,2-5H3,(H,24,28)(H,25,30)/t16-,20+/m0/s1. The van der Waals surface area contributed by atoms with Crippen molar-refractivity contribution in [2.45, 2.75) is 39.8 Å². The number of carbonyl (C=O) groups is 3. The van der Waals surface area contributed by atoms with E-state index >= 15 is 0 Å². The highest BCUT2D eigenvalue weighted by atomic mass is 16.2. The van der Waals surface area contributed by atoms with Crippen LogP contribution < -0.4 is 10.6 Å². The van der Waals surface area contributed by atoms with Crippen LogP contribution in [-0.4, -0.2) is 53.3 Å². The molecule has 0 bridgehead atoms. The monoisotopic (exact) mass is 410 g/mol. The zero-order valence-corrected chi connectivity index (χ0v) is 18.1. The number of amides is 4. The van der Waals surface area contributed by atoms with Gasteiger partial charge in [-0.3, -0.25) is 14.5 Å². The van der Waals surface area contributed by atoms with E-state index in [1.54, 1.807) is 13.0 Å². The molecule has 1 aromatic carbocycles. The molecular formula is C23H30N4O3. The maximum atomic E-state index is 13.4. The average Bonchev–Trinajstić information content (AvgIpc) is 3.05. The predicted molar refractivity (Wildman–Crippen MR) is 115 cm³/mol. The Balaban J connectivity index is 1.93. The Morgan fingerprint density at radius 1 is 1.27 bits per heavy atom. The molecule has 0 spiro atoms. The van der Waals surface area contributed by atoms with Crippen molar-refractivity contribution in [3.05, 3.63) is 59.3 Å². The van der Waals surface area contributed by atoms with Crippen LogP contribution in [0.5, 0.6) is 0 Å². The number of hydrogen-bond donors (Lipinski definition) is 2. The fourth-order valence-electron chi connectivity index (χ4n) is 3.75. The van der Waals surface area contributed by atoms with Crippen molar-refractivity contribution in [1.29, 1.82) is 0 Å².